The molecule has 1 heterocycles. The molecule has 0 aromatic carbocycles. The Balaban J connectivity index is 2.36. The Labute approximate surface area is 91.2 Å². The molecule has 0 radical (unpaired) electrons. The summed E-state index contributed by atoms with van der Waals surface area (Å²) < 4.78 is 4.32. The molecule has 1 aliphatic rings. The predicted octanol–water partition coefficient (Wildman–Crippen LogP) is -0.453. The lowest BCUT2D eigenvalue weighted by atomic mass is 10.3. The van der Waals surface area contributed by atoms with Gasteiger partial charge in [0.05, 0.1) is 20.0 Å². The maximum absolute atomic E-state index is 11.1. The van der Waals surface area contributed by atoms with Crippen molar-refractivity contribution in [2.24, 2.45) is 0 Å². The van der Waals surface area contributed by atoms with Crippen LogP contribution in [0.5, 0.6) is 0 Å². The molecule has 16 heavy (non-hydrogen) atoms. The molecule has 0 spiro atoms. The molecule has 0 aromatic heterocycles. The van der Waals surface area contributed by atoms with Crippen LogP contribution in [0.25, 0.3) is 0 Å². The molecule has 0 atom stereocenters. The number of amides is 2. The number of ether oxygens (including phenoxy) is 1. The number of hydrogen-bond acceptors (Lipinski definition) is 6. The predicted molar refractivity (Wildman–Crippen MR) is 48.4 cm³/mol. The Kier molecular flexibility index (Phi) is 3.98. The molecule has 0 bridgehead atoms. The Hall–Kier alpha value is -1.92. The number of rotatable bonds is 4. The van der Waals surface area contributed by atoms with Crippen molar-refractivity contribution in [2.75, 3.05) is 7.11 Å². The van der Waals surface area contributed by atoms with E-state index < -0.39 is 23.8 Å². The lowest BCUT2D eigenvalue weighted by Crippen LogP contribution is -2.32. The summed E-state index contributed by atoms with van der Waals surface area (Å²) in [7, 11) is 1.20. The van der Waals surface area contributed by atoms with E-state index in [1.165, 1.54) is 7.11 Å². The van der Waals surface area contributed by atoms with Gasteiger partial charge >= 0.3 is 11.9 Å². The lowest BCUT2D eigenvalue weighted by molar-refractivity contribution is -0.197. The third-order valence-corrected chi connectivity index (χ3v) is 1.96. The first-order valence-electron chi connectivity index (χ1n) is 4.68. The quantitative estimate of drug-likeness (QED) is 0.479. The highest BCUT2D eigenvalue weighted by atomic mass is 16.7. The second kappa shape index (κ2) is 5.24. The van der Waals surface area contributed by atoms with Crippen LogP contribution >= 0.6 is 0 Å². The van der Waals surface area contributed by atoms with Crippen LogP contribution in [-0.4, -0.2) is 35.9 Å². The minimum Gasteiger partial charge on any atom is -0.469 e. The third kappa shape index (κ3) is 3.04. The Morgan fingerprint density at radius 1 is 1.12 bits per heavy atom. The molecule has 1 rings (SSSR count). The molecular formula is C9H11NO6. The summed E-state index contributed by atoms with van der Waals surface area (Å²) in [6, 6.07) is 0. The van der Waals surface area contributed by atoms with Crippen LogP contribution in [-0.2, 0) is 28.8 Å². The molecular weight excluding hydrogens is 218 g/mol. The maximum atomic E-state index is 11.1. The topological polar surface area (TPSA) is 90.0 Å². The standard InChI is InChI=1S/C9H11NO6/c1-15-8(13)4-5-9(14)16-10-6(11)2-3-7(10)12/h2-5H2,1H3. The van der Waals surface area contributed by atoms with E-state index in [-0.39, 0.29) is 25.7 Å². The highest BCUT2D eigenvalue weighted by molar-refractivity contribution is 6.01. The van der Waals surface area contributed by atoms with Crippen molar-refractivity contribution in [3.8, 4) is 0 Å². The summed E-state index contributed by atoms with van der Waals surface area (Å²) in [4.78, 5) is 48.5. The van der Waals surface area contributed by atoms with E-state index in [0.29, 0.717) is 5.06 Å². The van der Waals surface area contributed by atoms with Crippen LogP contribution < -0.4 is 0 Å². The molecule has 88 valence electrons. The number of hydroxylamine groups is 2. The van der Waals surface area contributed by atoms with Crippen molar-refractivity contribution in [1.29, 1.82) is 0 Å². The fraction of sp³-hybridized carbons (Fsp3) is 0.556. The molecule has 0 aliphatic carbocycles. The fourth-order valence-corrected chi connectivity index (χ4v) is 1.11. The van der Waals surface area contributed by atoms with Crippen LogP contribution in [0.2, 0.25) is 0 Å². The molecule has 2 amide bonds. The van der Waals surface area contributed by atoms with E-state index in [2.05, 4.69) is 9.57 Å². The molecule has 1 aliphatic heterocycles. The van der Waals surface area contributed by atoms with Crippen LogP contribution in [0, 0.1) is 0 Å². The zero-order valence-electron chi connectivity index (χ0n) is 8.73. The Morgan fingerprint density at radius 3 is 2.12 bits per heavy atom. The van der Waals surface area contributed by atoms with E-state index in [0.717, 1.165) is 0 Å². The van der Waals surface area contributed by atoms with Gasteiger partial charge in [0.1, 0.15) is 0 Å². The molecule has 0 unspecified atom stereocenters. The number of carbonyl (C=O) groups excluding carboxylic acids is 4. The van der Waals surface area contributed by atoms with Gasteiger partial charge in [-0.05, 0) is 0 Å². The van der Waals surface area contributed by atoms with Gasteiger partial charge in [0, 0.05) is 12.8 Å². The molecule has 7 heteroatoms. The third-order valence-electron chi connectivity index (χ3n) is 1.96. The van der Waals surface area contributed by atoms with Crippen LogP contribution in [0.3, 0.4) is 0 Å². The van der Waals surface area contributed by atoms with Gasteiger partial charge in [-0.3, -0.25) is 14.4 Å². The van der Waals surface area contributed by atoms with Crippen LogP contribution in [0.1, 0.15) is 25.7 Å². The molecule has 0 saturated carbocycles. The summed E-state index contributed by atoms with van der Waals surface area (Å²) in [5.41, 5.74) is 0. The molecule has 1 fully saturated rings. The normalized spacial score (nSPS) is 15.2. The molecule has 0 N–H and O–H groups in total. The fourth-order valence-electron chi connectivity index (χ4n) is 1.11. The van der Waals surface area contributed by atoms with E-state index in [4.69, 9.17) is 0 Å². The molecule has 1 saturated heterocycles. The number of carbonyl (C=O) groups is 4. The summed E-state index contributed by atoms with van der Waals surface area (Å²) >= 11 is 0. The SMILES string of the molecule is COC(=O)CCC(=O)ON1C(=O)CCC1=O. The number of imide groups is 1. The summed E-state index contributed by atoms with van der Waals surface area (Å²) in [6.45, 7) is 0. The Morgan fingerprint density at radius 2 is 1.62 bits per heavy atom. The van der Waals surface area contributed by atoms with Crippen molar-refractivity contribution < 1.29 is 28.8 Å². The average Bonchev–Trinajstić information content (AvgIpc) is 2.57. The first-order valence-corrected chi connectivity index (χ1v) is 4.68. The van der Waals surface area contributed by atoms with Gasteiger partial charge in [0.15, 0.2) is 0 Å². The zero-order valence-corrected chi connectivity index (χ0v) is 8.73. The van der Waals surface area contributed by atoms with E-state index in [9.17, 15) is 19.2 Å². The van der Waals surface area contributed by atoms with E-state index in [1.54, 1.807) is 0 Å². The van der Waals surface area contributed by atoms with Gasteiger partial charge in [-0.1, -0.05) is 0 Å². The van der Waals surface area contributed by atoms with Crippen molar-refractivity contribution in [3.05, 3.63) is 0 Å². The second-order valence-corrected chi connectivity index (χ2v) is 3.12. The van der Waals surface area contributed by atoms with Gasteiger partial charge in [0.25, 0.3) is 11.8 Å². The van der Waals surface area contributed by atoms with Crippen molar-refractivity contribution in [1.82, 2.24) is 5.06 Å². The minimum atomic E-state index is -0.811. The van der Waals surface area contributed by atoms with Gasteiger partial charge in [-0.25, -0.2) is 4.79 Å². The summed E-state index contributed by atoms with van der Waals surface area (Å²) in [5, 5.41) is 0.444. The lowest BCUT2D eigenvalue weighted by Gasteiger charge is -2.11. The number of methoxy groups -OCH3 is 1. The van der Waals surface area contributed by atoms with Crippen molar-refractivity contribution in [2.45, 2.75) is 25.7 Å². The van der Waals surface area contributed by atoms with E-state index in [1.807, 2.05) is 0 Å². The van der Waals surface area contributed by atoms with Crippen molar-refractivity contribution in [3.63, 3.8) is 0 Å². The van der Waals surface area contributed by atoms with Gasteiger partial charge in [-0.15, -0.1) is 5.06 Å². The smallest absolute Gasteiger partial charge is 0.333 e. The first kappa shape index (κ1) is 12.2. The summed E-state index contributed by atoms with van der Waals surface area (Å²) in [5.74, 6) is -2.46. The maximum Gasteiger partial charge on any atom is 0.333 e. The molecule has 7 nitrogen and oxygen atoms in total. The number of nitrogens with zero attached hydrogens (tertiary/aromatic N) is 1. The highest BCUT2D eigenvalue weighted by Gasteiger charge is 2.32. The summed E-state index contributed by atoms with van der Waals surface area (Å²) in [6.07, 6.45) is -0.290. The Bertz CT molecular complexity index is 321. The van der Waals surface area contributed by atoms with Gasteiger partial charge in [-0.2, -0.15) is 0 Å². The second-order valence-electron chi connectivity index (χ2n) is 3.12. The van der Waals surface area contributed by atoms with Crippen LogP contribution in [0.15, 0.2) is 0 Å². The molecule has 0 aromatic rings. The van der Waals surface area contributed by atoms with Gasteiger partial charge in [0.2, 0.25) is 0 Å². The highest BCUT2D eigenvalue weighted by Crippen LogP contribution is 2.12. The zero-order chi connectivity index (χ0) is 12.1. The van der Waals surface area contributed by atoms with Crippen molar-refractivity contribution >= 4 is 23.8 Å². The minimum absolute atomic E-state index is 0.0448. The van der Waals surface area contributed by atoms with Gasteiger partial charge < -0.3 is 9.57 Å². The monoisotopic (exact) mass is 229 g/mol. The largest absolute Gasteiger partial charge is 0.469 e. The van der Waals surface area contributed by atoms with Crippen LogP contribution in [0.4, 0.5) is 0 Å². The van der Waals surface area contributed by atoms with E-state index >= 15 is 0 Å². The number of hydrogen-bond donors (Lipinski definition) is 0. The number of esters is 1. The first-order chi connectivity index (χ1) is 7.54. The average molecular weight is 229 g/mol.